The van der Waals surface area contributed by atoms with E-state index in [1.165, 1.54) is 5.57 Å². The molecule has 1 aromatic heterocycles. The zero-order chi connectivity index (χ0) is 11.4. The summed E-state index contributed by atoms with van der Waals surface area (Å²) in [5, 5.41) is 0. The van der Waals surface area contributed by atoms with Crippen LogP contribution in [-0.4, -0.2) is 11.5 Å². The molecule has 0 fully saturated rings. The van der Waals surface area contributed by atoms with E-state index >= 15 is 0 Å². The van der Waals surface area contributed by atoms with E-state index < -0.39 is 0 Å². The summed E-state index contributed by atoms with van der Waals surface area (Å²) in [6, 6.07) is 5.96. The Hall–Kier alpha value is -1.83. The van der Waals surface area contributed by atoms with Crippen LogP contribution in [-0.2, 0) is 0 Å². The Balaban J connectivity index is 2.41. The monoisotopic (exact) mass is 212 g/mol. The van der Waals surface area contributed by atoms with Gasteiger partial charge >= 0.3 is 0 Å². The second-order valence-electron chi connectivity index (χ2n) is 3.76. The normalized spacial score (nSPS) is 16.1. The molecule has 0 radical (unpaired) electrons. The van der Waals surface area contributed by atoms with Crippen molar-refractivity contribution in [3.8, 4) is 0 Å². The van der Waals surface area contributed by atoms with Gasteiger partial charge in [-0.2, -0.15) is 0 Å². The molecule has 2 nitrogen and oxygen atoms in total. The van der Waals surface area contributed by atoms with Crippen molar-refractivity contribution in [3.63, 3.8) is 0 Å². The molecule has 0 N–H and O–H groups in total. The molecular weight excluding hydrogens is 196 g/mol. The molecule has 0 unspecified atom stereocenters. The first-order valence-electron chi connectivity index (χ1n) is 5.53. The fourth-order valence-corrected chi connectivity index (χ4v) is 2.05. The van der Waals surface area contributed by atoms with Gasteiger partial charge in [-0.3, -0.25) is 0 Å². The Morgan fingerprint density at radius 3 is 2.75 bits per heavy atom. The Labute approximate surface area is 96.6 Å². The van der Waals surface area contributed by atoms with Crippen molar-refractivity contribution in [2.45, 2.75) is 12.8 Å². The molecule has 1 aromatic rings. The predicted octanol–water partition coefficient (Wildman–Crippen LogP) is 3.31. The largest absolute Gasteiger partial charge is 0.326 e. The van der Waals surface area contributed by atoms with Crippen molar-refractivity contribution in [3.05, 3.63) is 61.0 Å². The molecule has 2 heterocycles. The highest BCUT2D eigenvalue weighted by Gasteiger charge is 2.17. The molecule has 2 heteroatoms. The molecular formula is C14H16N2. The van der Waals surface area contributed by atoms with Gasteiger partial charge in [0.25, 0.3) is 0 Å². The van der Waals surface area contributed by atoms with Crippen molar-refractivity contribution in [2.75, 3.05) is 11.4 Å². The molecule has 16 heavy (non-hydrogen) atoms. The topological polar surface area (TPSA) is 16.1 Å². The molecule has 1 aliphatic rings. The van der Waals surface area contributed by atoms with E-state index in [0.717, 1.165) is 30.9 Å². The van der Waals surface area contributed by atoms with E-state index in [-0.39, 0.29) is 0 Å². The Kier molecular flexibility index (Phi) is 3.20. The quantitative estimate of drug-likeness (QED) is 0.764. The summed E-state index contributed by atoms with van der Waals surface area (Å²) in [5.41, 5.74) is 2.40. The molecule has 0 amide bonds. The molecule has 0 aromatic carbocycles. The molecule has 0 atom stereocenters. The van der Waals surface area contributed by atoms with Crippen LogP contribution in [0.5, 0.6) is 0 Å². The van der Waals surface area contributed by atoms with Gasteiger partial charge in [0.05, 0.1) is 0 Å². The maximum atomic E-state index is 4.38. The summed E-state index contributed by atoms with van der Waals surface area (Å²) in [7, 11) is 0. The van der Waals surface area contributed by atoms with Crippen LogP contribution in [0.3, 0.4) is 0 Å². The SMILES string of the molecule is C=CC1=C(C=C)N(c2ccccn2)CCC1. The average molecular weight is 212 g/mol. The highest BCUT2D eigenvalue weighted by molar-refractivity contribution is 5.53. The van der Waals surface area contributed by atoms with Crippen molar-refractivity contribution < 1.29 is 0 Å². The summed E-state index contributed by atoms with van der Waals surface area (Å²) in [5.74, 6) is 0.983. The van der Waals surface area contributed by atoms with E-state index in [0.29, 0.717) is 0 Å². The lowest BCUT2D eigenvalue weighted by Crippen LogP contribution is -2.28. The number of hydrogen-bond acceptors (Lipinski definition) is 2. The van der Waals surface area contributed by atoms with Gasteiger partial charge in [-0.15, -0.1) is 0 Å². The number of hydrogen-bond donors (Lipinski definition) is 0. The van der Waals surface area contributed by atoms with Gasteiger partial charge in [0.2, 0.25) is 0 Å². The molecule has 2 rings (SSSR count). The summed E-state index contributed by atoms with van der Waals surface area (Å²) in [4.78, 5) is 6.58. The lowest BCUT2D eigenvalue weighted by molar-refractivity contribution is 0.737. The molecule has 1 aliphatic heterocycles. The Morgan fingerprint density at radius 2 is 2.12 bits per heavy atom. The fraction of sp³-hybridized carbons (Fsp3) is 0.214. The minimum atomic E-state index is 0.983. The van der Waals surface area contributed by atoms with Gasteiger partial charge in [0.1, 0.15) is 5.82 Å². The minimum Gasteiger partial charge on any atom is -0.326 e. The Morgan fingerprint density at radius 1 is 1.25 bits per heavy atom. The second kappa shape index (κ2) is 4.79. The molecule has 0 aliphatic carbocycles. The van der Waals surface area contributed by atoms with Crippen molar-refractivity contribution in [1.82, 2.24) is 4.98 Å². The van der Waals surface area contributed by atoms with E-state index in [4.69, 9.17) is 0 Å². The van der Waals surface area contributed by atoms with Gasteiger partial charge in [-0.1, -0.05) is 25.3 Å². The van der Waals surface area contributed by atoms with Crippen LogP contribution < -0.4 is 4.90 Å². The third-order valence-corrected chi connectivity index (χ3v) is 2.81. The first kappa shape index (κ1) is 10.7. The molecule has 0 saturated heterocycles. The third kappa shape index (κ3) is 1.91. The van der Waals surface area contributed by atoms with Gasteiger partial charge in [-0.25, -0.2) is 4.98 Å². The number of rotatable bonds is 3. The number of aromatic nitrogens is 1. The maximum absolute atomic E-state index is 4.38. The third-order valence-electron chi connectivity index (χ3n) is 2.81. The van der Waals surface area contributed by atoms with Gasteiger partial charge in [0.15, 0.2) is 0 Å². The van der Waals surface area contributed by atoms with Crippen molar-refractivity contribution >= 4 is 5.82 Å². The molecule has 0 spiro atoms. The summed E-state index contributed by atoms with van der Waals surface area (Å²) >= 11 is 0. The van der Waals surface area contributed by atoms with Gasteiger partial charge < -0.3 is 4.90 Å². The average Bonchev–Trinajstić information content (AvgIpc) is 2.38. The number of allylic oxidation sites excluding steroid dienone is 3. The zero-order valence-corrected chi connectivity index (χ0v) is 9.39. The van der Waals surface area contributed by atoms with Crippen LogP contribution in [0.15, 0.2) is 61.0 Å². The van der Waals surface area contributed by atoms with Gasteiger partial charge in [-0.05, 0) is 36.6 Å². The molecule has 0 saturated carbocycles. The van der Waals surface area contributed by atoms with E-state index in [9.17, 15) is 0 Å². The smallest absolute Gasteiger partial charge is 0.132 e. The van der Waals surface area contributed by atoms with Crippen molar-refractivity contribution in [2.24, 2.45) is 0 Å². The lowest BCUT2D eigenvalue weighted by atomic mass is 10.0. The number of pyridine rings is 1. The standard InChI is InChI=1S/C14H16N2/c1-3-12-8-7-11-16(13(12)4-2)14-9-5-6-10-15-14/h3-6,9-10H,1-2,7-8,11H2. The molecule has 82 valence electrons. The first-order chi connectivity index (χ1) is 7.86. The Bertz CT molecular complexity index is 418. The van der Waals surface area contributed by atoms with E-state index in [1.54, 1.807) is 0 Å². The van der Waals surface area contributed by atoms with Crippen LogP contribution in [0.1, 0.15) is 12.8 Å². The lowest BCUT2D eigenvalue weighted by Gasteiger charge is -2.30. The fourth-order valence-electron chi connectivity index (χ4n) is 2.05. The summed E-state index contributed by atoms with van der Waals surface area (Å²) in [6.07, 6.45) is 7.85. The highest BCUT2D eigenvalue weighted by Crippen LogP contribution is 2.27. The van der Waals surface area contributed by atoms with E-state index in [2.05, 4.69) is 23.0 Å². The van der Waals surface area contributed by atoms with Crippen LogP contribution in [0.2, 0.25) is 0 Å². The van der Waals surface area contributed by atoms with Crippen LogP contribution in [0.4, 0.5) is 5.82 Å². The summed E-state index contributed by atoms with van der Waals surface area (Å²) < 4.78 is 0. The van der Waals surface area contributed by atoms with Crippen LogP contribution in [0.25, 0.3) is 0 Å². The zero-order valence-electron chi connectivity index (χ0n) is 9.39. The first-order valence-corrected chi connectivity index (χ1v) is 5.53. The second-order valence-corrected chi connectivity index (χ2v) is 3.76. The minimum absolute atomic E-state index is 0.983. The number of nitrogens with zero attached hydrogens (tertiary/aromatic N) is 2. The maximum Gasteiger partial charge on any atom is 0.132 e. The highest BCUT2D eigenvalue weighted by atomic mass is 15.2. The number of anilines is 1. The van der Waals surface area contributed by atoms with Crippen molar-refractivity contribution in [1.29, 1.82) is 0 Å². The van der Waals surface area contributed by atoms with Crippen LogP contribution >= 0.6 is 0 Å². The molecule has 0 bridgehead atoms. The predicted molar refractivity (Wildman–Crippen MR) is 68.2 cm³/mol. The summed E-state index contributed by atoms with van der Waals surface area (Å²) in [6.45, 7) is 8.74. The van der Waals surface area contributed by atoms with Crippen LogP contribution in [0, 0.1) is 0 Å². The van der Waals surface area contributed by atoms with E-state index in [1.807, 2.05) is 36.5 Å². The van der Waals surface area contributed by atoms with Gasteiger partial charge in [0, 0.05) is 18.4 Å².